The first kappa shape index (κ1) is 25.6. The maximum absolute atomic E-state index is 14.0. The number of aromatic nitrogens is 1. The van der Waals surface area contributed by atoms with Crippen LogP contribution in [0.5, 0.6) is 0 Å². The first-order valence-electron chi connectivity index (χ1n) is 11.4. The highest BCUT2D eigenvalue weighted by molar-refractivity contribution is 7.90. The Bertz CT molecular complexity index is 1370. The van der Waals surface area contributed by atoms with Gasteiger partial charge in [-0.2, -0.15) is 0 Å². The largest absolute Gasteiger partial charge is 0.379 e. The number of rotatable bonds is 8. The quantitative estimate of drug-likeness (QED) is 0.464. The molecular weight excluding hydrogens is 485 g/mol. The predicted molar refractivity (Wildman–Crippen MR) is 133 cm³/mol. The summed E-state index contributed by atoms with van der Waals surface area (Å²) in [5.41, 5.74) is 1.75. The average molecular weight is 512 g/mol. The van der Waals surface area contributed by atoms with Crippen molar-refractivity contribution in [3.63, 3.8) is 0 Å². The number of pyridine rings is 1. The van der Waals surface area contributed by atoms with Crippen LogP contribution in [0.1, 0.15) is 15.9 Å². The number of nitrogens with one attached hydrogen (secondary N) is 1. The minimum Gasteiger partial charge on any atom is -0.379 e. The van der Waals surface area contributed by atoms with Crippen molar-refractivity contribution in [3.05, 3.63) is 77.7 Å². The van der Waals surface area contributed by atoms with Gasteiger partial charge in [0.25, 0.3) is 0 Å². The molecule has 0 atom stereocenters. The Hall–Kier alpha value is -3.47. The highest BCUT2D eigenvalue weighted by Crippen LogP contribution is 2.25. The molecule has 0 saturated carbocycles. The Balaban J connectivity index is 1.50. The molecule has 1 amide bonds. The van der Waals surface area contributed by atoms with Crippen molar-refractivity contribution in [1.29, 1.82) is 0 Å². The number of morpholine rings is 1. The lowest BCUT2D eigenvalue weighted by molar-refractivity contribution is -0.118. The number of anilines is 1. The molecule has 0 radical (unpaired) electrons. The Morgan fingerprint density at radius 2 is 1.83 bits per heavy atom. The molecule has 0 unspecified atom stereocenters. The van der Waals surface area contributed by atoms with Gasteiger partial charge >= 0.3 is 0 Å². The fourth-order valence-electron chi connectivity index (χ4n) is 3.92. The van der Waals surface area contributed by atoms with Gasteiger partial charge in [-0.05, 0) is 42.0 Å². The molecule has 0 bridgehead atoms. The van der Waals surface area contributed by atoms with Gasteiger partial charge in [-0.3, -0.25) is 19.5 Å². The summed E-state index contributed by atoms with van der Waals surface area (Å²) < 4.78 is 43.8. The topological polar surface area (TPSA) is 106 Å². The van der Waals surface area contributed by atoms with Gasteiger partial charge in [0.1, 0.15) is 5.82 Å². The molecule has 1 aliphatic heterocycles. The standard InChI is InChI=1S/C26H26FN3O5S/c1-36(33,34)25-9-7-19(15-23(25)29-26(32)17-30-10-12-35-13-11-30)24(31)14-18-6-8-22(28-16-18)20-4-2-3-5-21(20)27/h2-9,15-16H,10-14,17H2,1H3,(H,29,32). The smallest absolute Gasteiger partial charge is 0.238 e. The number of hydrogen-bond donors (Lipinski definition) is 1. The summed E-state index contributed by atoms with van der Waals surface area (Å²) in [6.07, 6.45) is 2.56. The van der Waals surface area contributed by atoms with Crippen molar-refractivity contribution in [2.45, 2.75) is 11.3 Å². The van der Waals surface area contributed by atoms with Gasteiger partial charge in [-0.25, -0.2) is 12.8 Å². The van der Waals surface area contributed by atoms with Crippen molar-refractivity contribution in [2.75, 3.05) is 44.4 Å². The summed E-state index contributed by atoms with van der Waals surface area (Å²) in [5, 5.41) is 2.65. The van der Waals surface area contributed by atoms with Gasteiger partial charge in [0.05, 0.1) is 36.0 Å². The molecule has 188 valence electrons. The van der Waals surface area contributed by atoms with Crippen LogP contribution in [0.15, 0.2) is 65.7 Å². The zero-order chi connectivity index (χ0) is 25.7. The van der Waals surface area contributed by atoms with Crippen LogP contribution in [0.2, 0.25) is 0 Å². The minimum absolute atomic E-state index is 0.00391. The summed E-state index contributed by atoms with van der Waals surface area (Å²) in [4.78, 5) is 31.7. The van der Waals surface area contributed by atoms with Gasteiger partial charge in [-0.15, -0.1) is 0 Å². The fraction of sp³-hybridized carbons (Fsp3) is 0.269. The summed E-state index contributed by atoms with van der Waals surface area (Å²) in [6.45, 7) is 2.36. The number of ketones is 1. The average Bonchev–Trinajstić information content (AvgIpc) is 2.85. The number of carbonyl (C=O) groups is 2. The van der Waals surface area contributed by atoms with Crippen molar-refractivity contribution in [3.8, 4) is 11.3 Å². The summed E-state index contributed by atoms with van der Waals surface area (Å²) in [6, 6.07) is 13.8. The molecule has 1 N–H and O–H groups in total. The molecule has 36 heavy (non-hydrogen) atoms. The lowest BCUT2D eigenvalue weighted by Gasteiger charge is -2.26. The number of benzene rings is 2. The summed E-state index contributed by atoms with van der Waals surface area (Å²) in [5.74, 6) is -1.04. The monoisotopic (exact) mass is 511 g/mol. The SMILES string of the molecule is CS(=O)(=O)c1ccc(C(=O)Cc2ccc(-c3ccccc3F)nc2)cc1NC(=O)CN1CCOCC1. The number of amides is 1. The van der Waals surface area contributed by atoms with E-state index >= 15 is 0 Å². The molecule has 0 spiro atoms. The van der Waals surface area contributed by atoms with E-state index in [-0.39, 0.29) is 46.6 Å². The zero-order valence-electron chi connectivity index (χ0n) is 19.7. The number of halogens is 1. The van der Waals surface area contributed by atoms with Crippen LogP contribution < -0.4 is 5.32 Å². The Labute approximate surface area is 209 Å². The number of hydrogen-bond acceptors (Lipinski definition) is 7. The number of sulfone groups is 1. The number of nitrogens with zero attached hydrogens (tertiary/aromatic N) is 2. The van der Waals surface area contributed by atoms with Crippen molar-refractivity contribution >= 4 is 27.2 Å². The molecule has 1 aliphatic rings. The predicted octanol–water partition coefficient (Wildman–Crippen LogP) is 2.99. The molecule has 1 fully saturated rings. The first-order chi connectivity index (χ1) is 17.2. The third-order valence-corrected chi connectivity index (χ3v) is 6.94. The lowest BCUT2D eigenvalue weighted by atomic mass is 10.0. The van der Waals surface area contributed by atoms with Gasteiger partial charge < -0.3 is 10.1 Å². The van der Waals surface area contributed by atoms with E-state index < -0.39 is 9.84 Å². The highest BCUT2D eigenvalue weighted by atomic mass is 32.2. The third-order valence-electron chi connectivity index (χ3n) is 5.79. The van der Waals surface area contributed by atoms with E-state index in [0.29, 0.717) is 43.1 Å². The zero-order valence-corrected chi connectivity index (χ0v) is 20.6. The third kappa shape index (κ3) is 6.39. The van der Waals surface area contributed by atoms with Gasteiger partial charge in [0.15, 0.2) is 15.6 Å². The normalized spacial score (nSPS) is 14.4. The van der Waals surface area contributed by atoms with E-state index in [1.807, 2.05) is 4.90 Å². The van der Waals surface area contributed by atoms with Crippen LogP contribution in [0.3, 0.4) is 0 Å². The molecule has 1 aromatic heterocycles. The van der Waals surface area contributed by atoms with Crippen LogP contribution >= 0.6 is 0 Å². The summed E-state index contributed by atoms with van der Waals surface area (Å²) >= 11 is 0. The molecule has 2 aromatic carbocycles. The minimum atomic E-state index is -3.65. The second-order valence-corrected chi connectivity index (χ2v) is 10.5. The molecule has 4 rings (SSSR count). The molecule has 3 aromatic rings. The summed E-state index contributed by atoms with van der Waals surface area (Å²) in [7, 11) is -3.65. The van der Waals surface area contributed by atoms with Crippen molar-refractivity contribution in [1.82, 2.24) is 9.88 Å². The van der Waals surface area contributed by atoms with Crippen LogP contribution in [0.25, 0.3) is 11.3 Å². The Kier molecular flexibility index (Phi) is 7.88. The van der Waals surface area contributed by atoms with E-state index in [1.165, 1.54) is 30.5 Å². The van der Waals surface area contributed by atoms with E-state index in [0.717, 1.165) is 6.26 Å². The van der Waals surface area contributed by atoms with E-state index in [9.17, 15) is 22.4 Å². The lowest BCUT2D eigenvalue weighted by Crippen LogP contribution is -2.41. The second kappa shape index (κ2) is 11.1. The molecular formula is C26H26FN3O5S. The van der Waals surface area contributed by atoms with Crippen LogP contribution in [-0.4, -0.2) is 69.1 Å². The van der Waals surface area contributed by atoms with Gasteiger partial charge in [0, 0.05) is 43.1 Å². The second-order valence-electron chi connectivity index (χ2n) is 8.55. The number of Topliss-reactive ketones (excluding diaryl/α,β-unsaturated/α-hetero) is 1. The van der Waals surface area contributed by atoms with E-state index in [2.05, 4.69) is 10.3 Å². The maximum Gasteiger partial charge on any atom is 0.238 e. The molecule has 2 heterocycles. The molecule has 8 nitrogen and oxygen atoms in total. The van der Waals surface area contributed by atoms with E-state index in [1.54, 1.807) is 30.3 Å². The van der Waals surface area contributed by atoms with Crippen LogP contribution in [0, 0.1) is 5.82 Å². The van der Waals surface area contributed by atoms with Crippen LogP contribution in [-0.2, 0) is 25.8 Å². The number of carbonyl (C=O) groups excluding carboxylic acids is 2. The van der Waals surface area contributed by atoms with Crippen molar-refractivity contribution < 1.29 is 27.1 Å². The fourth-order valence-corrected chi connectivity index (χ4v) is 4.75. The Morgan fingerprint density at radius 3 is 2.50 bits per heavy atom. The first-order valence-corrected chi connectivity index (χ1v) is 13.3. The maximum atomic E-state index is 14.0. The van der Waals surface area contributed by atoms with Gasteiger partial charge in [-0.1, -0.05) is 18.2 Å². The molecule has 1 saturated heterocycles. The highest BCUT2D eigenvalue weighted by Gasteiger charge is 2.20. The molecule has 10 heteroatoms. The van der Waals surface area contributed by atoms with Crippen LogP contribution in [0.4, 0.5) is 10.1 Å². The molecule has 0 aliphatic carbocycles. The van der Waals surface area contributed by atoms with Crippen molar-refractivity contribution in [2.24, 2.45) is 0 Å². The Morgan fingerprint density at radius 1 is 1.08 bits per heavy atom. The van der Waals surface area contributed by atoms with Gasteiger partial charge in [0.2, 0.25) is 5.91 Å². The number of ether oxygens (including phenoxy) is 1. The van der Waals surface area contributed by atoms with E-state index in [4.69, 9.17) is 4.74 Å².